The molecule has 7 nitrogen and oxygen atoms in total. The fraction of sp³-hybridized carbons (Fsp3) is 0.600. The van der Waals surface area contributed by atoms with Crippen LogP contribution in [0.3, 0.4) is 0 Å². The van der Waals surface area contributed by atoms with Crippen molar-refractivity contribution in [2.24, 2.45) is 17.8 Å². The zero-order valence-electron chi connectivity index (χ0n) is 23.0. The van der Waals surface area contributed by atoms with Gasteiger partial charge in [0.05, 0.1) is 17.1 Å². The molecule has 0 bridgehead atoms. The molecule has 1 spiro atoms. The Hall–Kier alpha value is -2.51. The average Bonchev–Trinajstić information content (AvgIpc) is 3.66. The molecule has 3 fully saturated rings. The van der Waals surface area contributed by atoms with E-state index in [1.54, 1.807) is 0 Å². The number of nitrogens with one attached hydrogen (secondary N) is 1. The summed E-state index contributed by atoms with van der Waals surface area (Å²) >= 11 is 7.11. The van der Waals surface area contributed by atoms with Gasteiger partial charge in [0.25, 0.3) is 17.3 Å². The Morgan fingerprint density at radius 1 is 1.11 bits per heavy atom. The number of amides is 1. The van der Waals surface area contributed by atoms with Gasteiger partial charge in [-0.15, -0.1) is 0 Å². The van der Waals surface area contributed by atoms with Crippen molar-refractivity contribution in [2.75, 3.05) is 20.6 Å². The third-order valence-corrected chi connectivity index (χ3v) is 10.5. The molecular formula is C30H36ClN3O4. The highest BCUT2D eigenvalue weighted by Gasteiger charge is 2.63. The van der Waals surface area contributed by atoms with Crippen molar-refractivity contribution in [3.8, 4) is 11.5 Å². The molecule has 1 aromatic carbocycles. The van der Waals surface area contributed by atoms with E-state index >= 15 is 0 Å². The average molecular weight is 538 g/mol. The van der Waals surface area contributed by atoms with E-state index in [-0.39, 0.29) is 29.3 Å². The molecule has 7 rings (SSSR count). The first kappa shape index (κ1) is 24.5. The van der Waals surface area contributed by atoms with Crippen molar-refractivity contribution in [1.29, 1.82) is 0 Å². The Balaban J connectivity index is 1.23. The molecule has 2 aromatic rings. The Labute approximate surface area is 228 Å². The summed E-state index contributed by atoms with van der Waals surface area (Å²) < 4.78 is 13.2. The molecule has 5 aliphatic rings. The van der Waals surface area contributed by atoms with Gasteiger partial charge in [-0.1, -0.05) is 11.6 Å². The van der Waals surface area contributed by atoms with Crippen LogP contribution in [0.5, 0.6) is 11.5 Å². The van der Waals surface area contributed by atoms with Crippen molar-refractivity contribution >= 4 is 17.5 Å². The molecule has 3 saturated carbocycles. The molecule has 3 aliphatic carbocycles. The summed E-state index contributed by atoms with van der Waals surface area (Å²) in [7, 11) is 4.33. The lowest BCUT2D eigenvalue weighted by molar-refractivity contribution is -0.113. The number of hydrogen-bond acceptors (Lipinski definition) is 5. The summed E-state index contributed by atoms with van der Waals surface area (Å²) in [4.78, 5) is 33.8. The van der Waals surface area contributed by atoms with Gasteiger partial charge >= 0.3 is 0 Å². The Morgan fingerprint density at radius 2 is 1.76 bits per heavy atom. The number of H-pyrrole nitrogens is 1. The van der Waals surface area contributed by atoms with E-state index in [1.807, 2.05) is 38.7 Å². The fourth-order valence-electron chi connectivity index (χ4n) is 8.00. The van der Waals surface area contributed by atoms with Crippen LogP contribution in [-0.4, -0.2) is 53.2 Å². The molecule has 2 unspecified atom stereocenters. The van der Waals surface area contributed by atoms with E-state index < -0.39 is 5.79 Å². The minimum absolute atomic E-state index is 0.0905. The topological polar surface area (TPSA) is 74.9 Å². The van der Waals surface area contributed by atoms with Crippen LogP contribution in [0, 0.1) is 38.5 Å². The zero-order valence-corrected chi connectivity index (χ0v) is 23.8. The molecule has 1 amide bonds. The second-order valence-electron chi connectivity index (χ2n) is 12.9. The molecule has 0 saturated heterocycles. The first-order valence-electron chi connectivity index (χ1n) is 13.8. The second kappa shape index (κ2) is 7.79. The quantitative estimate of drug-likeness (QED) is 0.611. The maximum atomic E-state index is 14.0. The molecule has 1 N–H and O–H groups in total. The molecule has 3 heterocycles. The van der Waals surface area contributed by atoms with Crippen molar-refractivity contribution in [1.82, 2.24) is 14.8 Å². The van der Waals surface area contributed by atoms with Crippen molar-refractivity contribution in [3.63, 3.8) is 0 Å². The standard InChI is InChI=1S/C30H36ClN3O4/c1-14-9-15(2)32-27(35)20(14)12-34-13-30(7-8-30)22-21(28(34)36)16(3)25-26(23(22)31)38-29(4,37-25)17-10-18-19(11-17)24(18)33(5)6/h9,17-19,24H,7-8,10-13H2,1-6H3,(H,32,35)/t17?,18?,19?,24?,29-/m0/s1. The number of ether oxygens (including phenoxy) is 2. The van der Waals surface area contributed by atoms with Crippen molar-refractivity contribution < 1.29 is 14.3 Å². The van der Waals surface area contributed by atoms with Crippen LogP contribution >= 0.6 is 11.6 Å². The summed E-state index contributed by atoms with van der Waals surface area (Å²) in [6.45, 7) is 8.63. The van der Waals surface area contributed by atoms with E-state index in [0.29, 0.717) is 52.1 Å². The lowest BCUT2D eigenvalue weighted by Gasteiger charge is -2.36. The van der Waals surface area contributed by atoms with Gasteiger partial charge in [-0.05, 0) is 89.6 Å². The third kappa shape index (κ3) is 3.30. The number of hydrogen-bond donors (Lipinski definition) is 1. The van der Waals surface area contributed by atoms with Gasteiger partial charge in [0, 0.05) is 47.7 Å². The number of carbonyl (C=O) groups is 1. The largest absolute Gasteiger partial charge is 0.448 e. The summed E-state index contributed by atoms with van der Waals surface area (Å²) in [6.07, 6.45) is 4.08. The number of benzene rings is 1. The van der Waals surface area contributed by atoms with Gasteiger partial charge in [-0.25, -0.2) is 0 Å². The number of aryl methyl sites for hydroxylation is 2. The highest BCUT2D eigenvalue weighted by molar-refractivity contribution is 6.34. The van der Waals surface area contributed by atoms with E-state index in [9.17, 15) is 9.59 Å². The van der Waals surface area contributed by atoms with E-state index in [1.165, 1.54) is 0 Å². The molecule has 3 atom stereocenters. The number of nitrogens with zero attached hydrogens (tertiary/aromatic N) is 2. The Morgan fingerprint density at radius 3 is 2.37 bits per heavy atom. The van der Waals surface area contributed by atoms with Gasteiger partial charge < -0.3 is 24.3 Å². The number of pyridine rings is 1. The number of fused-ring (bicyclic) bond motifs is 4. The maximum Gasteiger partial charge on any atom is 0.254 e. The number of aromatic amines is 1. The van der Waals surface area contributed by atoms with E-state index in [0.717, 1.165) is 48.1 Å². The van der Waals surface area contributed by atoms with Crippen LogP contribution in [0.1, 0.15) is 70.9 Å². The molecule has 0 radical (unpaired) electrons. The van der Waals surface area contributed by atoms with Gasteiger partial charge in [0.15, 0.2) is 11.5 Å². The van der Waals surface area contributed by atoms with Gasteiger partial charge in [-0.2, -0.15) is 0 Å². The zero-order chi connectivity index (χ0) is 26.9. The van der Waals surface area contributed by atoms with Crippen LogP contribution in [0.15, 0.2) is 10.9 Å². The molecule has 2 aliphatic heterocycles. The predicted octanol–water partition coefficient (Wildman–Crippen LogP) is 4.71. The summed E-state index contributed by atoms with van der Waals surface area (Å²) in [5, 5.41) is 0.536. The number of rotatable bonds is 4. The number of carbonyl (C=O) groups excluding carboxylic acids is 1. The van der Waals surface area contributed by atoms with Crippen molar-refractivity contribution in [2.45, 2.75) is 77.2 Å². The minimum Gasteiger partial charge on any atom is -0.448 e. The van der Waals surface area contributed by atoms with Gasteiger partial charge in [-0.3, -0.25) is 9.59 Å². The van der Waals surface area contributed by atoms with Gasteiger partial charge in [0.2, 0.25) is 0 Å². The van der Waals surface area contributed by atoms with Crippen LogP contribution < -0.4 is 15.0 Å². The summed E-state index contributed by atoms with van der Waals surface area (Å²) in [5.74, 6) is 2.03. The lowest BCUT2D eigenvalue weighted by atomic mass is 9.83. The second-order valence-corrected chi connectivity index (χ2v) is 13.3. The minimum atomic E-state index is -0.781. The van der Waals surface area contributed by atoms with Gasteiger partial charge in [0.1, 0.15) is 0 Å². The molecular weight excluding hydrogens is 502 g/mol. The highest BCUT2D eigenvalue weighted by Crippen LogP contribution is 2.64. The van der Waals surface area contributed by atoms with E-state index in [2.05, 4.69) is 24.0 Å². The first-order valence-corrected chi connectivity index (χ1v) is 14.2. The fourth-order valence-corrected chi connectivity index (χ4v) is 8.42. The van der Waals surface area contributed by atoms with E-state index in [4.69, 9.17) is 21.1 Å². The Kier molecular flexibility index (Phi) is 5.02. The smallest absolute Gasteiger partial charge is 0.254 e. The lowest BCUT2D eigenvalue weighted by Crippen LogP contribution is -2.44. The first-order chi connectivity index (χ1) is 17.9. The predicted molar refractivity (Wildman–Crippen MR) is 145 cm³/mol. The summed E-state index contributed by atoms with van der Waals surface area (Å²) in [5.41, 5.74) is 4.38. The van der Waals surface area contributed by atoms with Crippen LogP contribution in [0.25, 0.3) is 0 Å². The monoisotopic (exact) mass is 537 g/mol. The maximum absolute atomic E-state index is 14.0. The molecule has 8 heteroatoms. The molecule has 1 aromatic heterocycles. The Bertz CT molecular complexity index is 1450. The summed E-state index contributed by atoms with van der Waals surface area (Å²) in [6, 6.07) is 2.62. The number of aromatic nitrogens is 1. The van der Waals surface area contributed by atoms with Crippen LogP contribution in [-0.2, 0) is 12.0 Å². The van der Waals surface area contributed by atoms with Crippen LogP contribution in [0.4, 0.5) is 0 Å². The SMILES string of the molecule is Cc1cc(C)c(CN2CC3(CC3)c3c(Cl)c4c(c(C)c3C2=O)O[C@](C)(C2CC3C(C2)C3N(C)C)O4)c(=O)[nH]1. The van der Waals surface area contributed by atoms with Crippen LogP contribution in [0.2, 0.25) is 5.02 Å². The molecule has 202 valence electrons. The number of halogens is 1. The third-order valence-electron chi connectivity index (χ3n) is 10.2. The molecule has 38 heavy (non-hydrogen) atoms. The van der Waals surface area contributed by atoms with Crippen molar-refractivity contribution in [3.05, 3.63) is 55.0 Å². The highest BCUT2D eigenvalue weighted by atomic mass is 35.5. The normalized spacial score (nSPS) is 31.7.